The van der Waals surface area contributed by atoms with Gasteiger partial charge in [-0.1, -0.05) is 17.7 Å². The molecule has 1 aliphatic rings. The molecular formula is C18H23ClFN3O. The van der Waals surface area contributed by atoms with Crippen LogP contribution in [0.3, 0.4) is 0 Å². The van der Waals surface area contributed by atoms with Gasteiger partial charge in [-0.05, 0) is 31.5 Å². The predicted molar refractivity (Wildman–Crippen MR) is 92.8 cm³/mol. The van der Waals surface area contributed by atoms with Crippen molar-refractivity contribution >= 4 is 11.6 Å². The van der Waals surface area contributed by atoms with Crippen molar-refractivity contribution in [1.82, 2.24) is 14.5 Å². The van der Waals surface area contributed by atoms with Crippen molar-refractivity contribution in [2.24, 2.45) is 0 Å². The van der Waals surface area contributed by atoms with E-state index in [2.05, 4.69) is 14.5 Å². The summed E-state index contributed by atoms with van der Waals surface area (Å²) in [5, 5.41) is 0.499. The average Bonchev–Trinajstić information content (AvgIpc) is 3.05. The van der Waals surface area contributed by atoms with Gasteiger partial charge in [-0.25, -0.2) is 9.37 Å². The van der Waals surface area contributed by atoms with E-state index in [-0.39, 0.29) is 5.82 Å². The third-order valence-electron chi connectivity index (χ3n) is 4.60. The Morgan fingerprint density at radius 1 is 1.42 bits per heavy atom. The molecule has 24 heavy (non-hydrogen) atoms. The topological polar surface area (TPSA) is 30.3 Å². The zero-order chi connectivity index (χ0) is 16.9. The Balaban J connectivity index is 1.70. The van der Waals surface area contributed by atoms with E-state index in [4.69, 9.17) is 16.3 Å². The Bertz CT molecular complexity index is 656. The van der Waals surface area contributed by atoms with Crippen molar-refractivity contribution in [2.75, 3.05) is 26.8 Å². The first-order valence-electron chi connectivity index (χ1n) is 8.34. The normalized spacial score (nSPS) is 18.9. The molecule has 1 aliphatic heterocycles. The summed E-state index contributed by atoms with van der Waals surface area (Å²) in [5.41, 5.74) is 0.586. The summed E-state index contributed by atoms with van der Waals surface area (Å²) in [6.45, 7) is 3.85. The molecule has 2 heterocycles. The first-order chi connectivity index (χ1) is 11.7. The molecule has 1 fully saturated rings. The number of hydrogen-bond acceptors (Lipinski definition) is 3. The average molecular weight is 352 g/mol. The van der Waals surface area contributed by atoms with Crippen LogP contribution in [0.5, 0.6) is 0 Å². The quantitative estimate of drug-likeness (QED) is 0.795. The zero-order valence-electron chi connectivity index (χ0n) is 13.9. The molecule has 3 rings (SSSR count). The Kier molecular flexibility index (Phi) is 5.87. The number of ether oxygens (including phenoxy) is 1. The molecule has 1 aromatic carbocycles. The highest BCUT2D eigenvalue weighted by Crippen LogP contribution is 2.28. The number of benzene rings is 1. The van der Waals surface area contributed by atoms with Crippen LogP contribution < -0.4 is 0 Å². The number of rotatable bonds is 6. The molecule has 6 heteroatoms. The number of nitrogens with zero attached hydrogens (tertiary/aromatic N) is 3. The maximum absolute atomic E-state index is 14.0. The van der Waals surface area contributed by atoms with Crippen molar-refractivity contribution in [2.45, 2.75) is 31.8 Å². The van der Waals surface area contributed by atoms with E-state index >= 15 is 0 Å². The number of halogens is 2. The van der Waals surface area contributed by atoms with Crippen LogP contribution in [0, 0.1) is 5.82 Å². The number of piperidine rings is 1. The second kappa shape index (κ2) is 8.10. The second-order valence-electron chi connectivity index (χ2n) is 6.25. The highest BCUT2D eigenvalue weighted by Gasteiger charge is 2.25. The second-order valence-corrected chi connectivity index (χ2v) is 6.65. The van der Waals surface area contributed by atoms with Gasteiger partial charge in [0, 0.05) is 55.6 Å². The Hall–Kier alpha value is -1.43. The summed E-state index contributed by atoms with van der Waals surface area (Å²) < 4.78 is 21.4. The molecule has 1 saturated heterocycles. The minimum absolute atomic E-state index is 0.230. The molecule has 0 saturated carbocycles. The van der Waals surface area contributed by atoms with Gasteiger partial charge in [0.05, 0.1) is 6.61 Å². The maximum atomic E-state index is 14.0. The number of hydrogen-bond donors (Lipinski definition) is 0. The van der Waals surface area contributed by atoms with E-state index in [1.54, 1.807) is 19.2 Å². The molecular weight excluding hydrogens is 329 g/mol. The van der Waals surface area contributed by atoms with E-state index in [1.165, 1.54) is 6.07 Å². The summed E-state index contributed by atoms with van der Waals surface area (Å²) >= 11 is 6.17. The monoisotopic (exact) mass is 351 g/mol. The lowest BCUT2D eigenvalue weighted by Crippen LogP contribution is -2.35. The molecule has 4 nitrogen and oxygen atoms in total. The summed E-state index contributed by atoms with van der Waals surface area (Å²) in [4.78, 5) is 6.82. The molecule has 2 aromatic rings. The van der Waals surface area contributed by atoms with Gasteiger partial charge >= 0.3 is 0 Å². The highest BCUT2D eigenvalue weighted by atomic mass is 35.5. The molecule has 130 valence electrons. The van der Waals surface area contributed by atoms with Crippen molar-refractivity contribution in [3.63, 3.8) is 0 Å². The number of imidazole rings is 1. The van der Waals surface area contributed by atoms with Crippen LogP contribution in [0.25, 0.3) is 0 Å². The number of likely N-dealkylation sites (tertiary alicyclic amines) is 1. The highest BCUT2D eigenvalue weighted by molar-refractivity contribution is 6.31. The third kappa shape index (κ3) is 3.97. The van der Waals surface area contributed by atoms with Gasteiger partial charge in [0.1, 0.15) is 11.6 Å². The third-order valence-corrected chi connectivity index (χ3v) is 4.95. The van der Waals surface area contributed by atoms with Crippen molar-refractivity contribution in [1.29, 1.82) is 0 Å². The molecule has 0 radical (unpaired) electrons. The van der Waals surface area contributed by atoms with E-state index in [1.807, 2.05) is 12.4 Å². The molecule has 0 N–H and O–H groups in total. The maximum Gasteiger partial charge on any atom is 0.129 e. The van der Waals surface area contributed by atoms with E-state index in [9.17, 15) is 4.39 Å². The van der Waals surface area contributed by atoms with Gasteiger partial charge in [-0.2, -0.15) is 0 Å². The number of aromatic nitrogens is 2. The predicted octanol–water partition coefficient (Wildman–Crippen LogP) is 3.70. The summed E-state index contributed by atoms with van der Waals surface area (Å²) in [6, 6.07) is 4.87. The van der Waals surface area contributed by atoms with Gasteiger partial charge in [0.2, 0.25) is 0 Å². The Morgan fingerprint density at radius 2 is 2.29 bits per heavy atom. The molecule has 0 aliphatic carbocycles. The van der Waals surface area contributed by atoms with Crippen LogP contribution in [0.2, 0.25) is 5.02 Å². The largest absolute Gasteiger partial charge is 0.383 e. The fourth-order valence-corrected chi connectivity index (χ4v) is 3.60. The first-order valence-corrected chi connectivity index (χ1v) is 8.72. The fourth-order valence-electron chi connectivity index (χ4n) is 3.38. The van der Waals surface area contributed by atoms with Crippen LogP contribution in [0.4, 0.5) is 4.39 Å². The number of methoxy groups -OCH3 is 1. The SMILES string of the molecule is COCCn1ccnc1[C@@H]1CCCN(Cc2c(F)cccc2Cl)C1. The first kappa shape index (κ1) is 17.4. The molecule has 0 amide bonds. The van der Waals surface area contributed by atoms with Crippen molar-refractivity contribution < 1.29 is 9.13 Å². The molecule has 0 bridgehead atoms. The van der Waals surface area contributed by atoms with Gasteiger partial charge < -0.3 is 9.30 Å². The molecule has 1 aromatic heterocycles. The summed E-state index contributed by atoms with van der Waals surface area (Å²) in [6.07, 6.45) is 6.03. The smallest absolute Gasteiger partial charge is 0.129 e. The van der Waals surface area contributed by atoms with Gasteiger partial charge in [0.15, 0.2) is 0 Å². The Labute approximate surface area is 147 Å². The van der Waals surface area contributed by atoms with Crippen LogP contribution in [-0.2, 0) is 17.8 Å². The van der Waals surface area contributed by atoms with Gasteiger partial charge in [-0.15, -0.1) is 0 Å². The van der Waals surface area contributed by atoms with E-state index in [0.29, 0.717) is 29.7 Å². The lowest BCUT2D eigenvalue weighted by atomic mass is 9.96. The van der Waals surface area contributed by atoms with E-state index < -0.39 is 0 Å². The zero-order valence-corrected chi connectivity index (χ0v) is 14.7. The van der Waals surface area contributed by atoms with Crippen LogP contribution >= 0.6 is 11.6 Å². The molecule has 0 spiro atoms. The van der Waals surface area contributed by atoms with Crippen LogP contribution in [-0.4, -0.2) is 41.3 Å². The lowest BCUT2D eigenvalue weighted by Gasteiger charge is -2.33. The summed E-state index contributed by atoms with van der Waals surface area (Å²) in [7, 11) is 1.71. The summed E-state index contributed by atoms with van der Waals surface area (Å²) in [5.74, 6) is 1.22. The van der Waals surface area contributed by atoms with Crippen LogP contribution in [0.1, 0.15) is 30.1 Å². The van der Waals surface area contributed by atoms with E-state index in [0.717, 1.165) is 38.3 Å². The van der Waals surface area contributed by atoms with Crippen molar-refractivity contribution in [3.05, 3.63) is 52.8 Å². The fraction of sp³-hybridized carbons (Fsp3) is 0.500. The Morgan fingerprint density at radius 3 is 3.08 bits per heavy atom. The standard InChI is InChI=1S/C18H23ClFN3O/c1-24-11-10-23-9-7-21-18(23)14-4-3-8-22(12-14)13-15-16(19)5-2-6-17(15)20/h2,5-7,9,14H,3-4,8,10-13H2,1H3/t14-/m1/s1. The minimum Gasteiger partial charge on any atom is -0.383 e. The molecule has 1 atom stereocenters. The minimum atomic E-state index is -0.230. The van der Waals surface area contributed by atoms with Crippen LogP contribution in [0.15, 0.2) is 30.6 Å². The van der Waals surface area contributed by atoms with Crippen molar-refractivity contribution in [3.8, 4) is 0 Å². The molecule has 0 unspecified atom stereocenters. The lowest BCUT2D eigenvalue weighted by molar-refractivity contribution is 0.177. The van der Waals surface area contributed by atoms with Gasteiger partial charge in [0.25, 0.3) is 0 Å². The van der Waals surface area contributed by atoms with Gasteiger partial charge in [-0.3, -0.25) is 4.90 Å².